The molecule has 24 heavy (non-hydrogen) atoms. The van der Waals surface area contributed by atoms with Crippen molar-refractivity contribution in [3.63, 3.8) is 0 Å². The maximum absolute atomic E-state index is 11.9. The fraction of sp³-hybridized carbons (Fsp3) is 0.222. The van der Waals surface area contributed by atoms with E-state index in [4.69, 9.17) is 9.47 Å². The third-order valence-electron chi connectivity index (χ3n) is 2.93. The van der Waals surface area contributed by atoms with Crippen LogP contribution in [0, 0.1) is 0 Å². The number of ether oxygens (including phenoxy) is 2. The molecule has 2 aromatic rings. The SMILES string of the molecule is CC(C)OC(=O)c1ccc(NC(=O)COc2ccc(Br)cc2)cc1. The topological polar surface area (TPSA) is 64.6 Å². The molecule has 0 radical (unpaired) electrons. The summed E-state index contributed by atoms with van der Waals surface area (Å²) in [5.41, 5.74) is 1.02. The van der Waals surface area contributed by atoms with Crippen molar-refractivity contribution >= 4 is 33.5 Å². The van der Waals surface area contributed by atoms with Gasteiger partial charge in [0.05, 0.1) is 11.7 Å². The molecule has 126 valence electrons. The van der Waals surface area contributed by atoms with Crippen LogP contribution in [0.15, 0.2) is 53.0 Å². The fourth-order valence-corrected chi connectivity index (χ4v) is 2.11. The zero-order valence-electron chi connectivity index (χ0n) is 13.4. The van der Waals surface area contributed by atoms with Crippen molar-refractivity contribution < 1.29 is 19.1 Å². The van der Waals surface area contributed by atoms with Crippen LogP contribution in [0.3, 0.4) is 0 Å². The summed E-state index contributed by atoms with van der Waals surface area (Å²) in [5.74, 6) is -0.0583. The summed E-state index contributed by atoms with van der Waals surface area (Å²) in [6, 6.07) is 13.7. The van der Waals surface area contributed by atoms with Crippen LogP contribution in [-0.2, 0) is 9.53 Å². The zero-order valence-corrected chi connectivity index (χ0v) is 15.0. The summed E-state index contributed by atoms with van der Waals surface area (Å²) in [7, 11) is 0. The molecule has 0 bridgehead atoms. The third-order valence-corrected chi connectivity index (χ3v) is 3.46. The molecule has 0 unspecified atom stereocenters. The molecule has 0 saturated carbocycles. The summed E-state index contributed by atoms with van der Waals surface area (Å²) < 4.78 is 11.4. The molecular weight excluding hydrogens is 374 g/mol. The van der Waals surface area contributed by atoms with Crippen LogP contribution in [0.1, 0.15) is 24.2 Å². The summed E-state index contributed by atoms with van der Waals surface area (Å²) in [4.78, 5) is 23.6. The van der Waals surface area contributed by atoms with Crippen LogP contribution < -0.4 is 10.1 Å². The third kappa shape index (κ3) is 5.70. The molecule has 2 rings (SSSR count). The minimum Gasteiger partial charge on any atom is -0.484 e. The van der Waals surface area contributed by atoms with Gasteiger partial charge in [-0.3, -0.25) is 4.79 Å². The Bertz CT molecular complexity index is 696. The quantitative estimate of drug-likeness (QED) is 0.754. The highest BCUT2D eigenvalue weighted by molar-refractivity contribution is 9.10. The van der Waals surface area contributed by atoms with Crippen molar-refractivity contribution in [2.45, 2.75) is 20.0 Å². The Morgan fingerprint density at radius 2 is 1.67 bits per heavy atom. The Labute approximate surface area is 149 Å². The average molecular weight is 392 g/mol. The normalized spacial score (nSPS) is 10.3. The molecule has 0 fully saturated rings. The molecule has 0 aliphatic heterocycles. The highest BCUT2D eigenvalue weighted by atomic mass is 79.9. The largest absolute Gasteiger partial charge is 0.484 e. The van der Waals surface area contributed by atoms with Gasteiger partial charge in [0.25, 0.3) is 5.91 Å². The first kappa shape index (κ1) is 18.0. The molecule has 0 aliphatic carbocycles. The van der Waals surface area contributed by atoms with Gasteiger partial charge in [-0.05, 0) is 62.4 Å². The molecule has 0 aromatic heterocycles. The van der Waals surface area contributed by atoms with Gasteiger partial charge in [-0.15, -0.1) is 0 Å². The minimum atomic E-state index is -0.388. The lowest BCUT2D eigenvalue weighted by atomic mass is 10.2. The number of benzene rings is 2. The Morgan fingerprint density at radius 1 is 1.04 bits per heavy atom. The molecule has 0 spiro atoms. The van der Waals surface area contributed by atoms with Crippen LogP contribution in [0.5, 0.6) is 5.75 Å². The summed E-state index contributed by atoms with van der Waals surface area (Å²) >= 11 is 3.33. The molecule has 1 N–H and O–H groups in total. The van der Waals surface area contributed by atoms with Crippen LogP contribution in [0.4, 0.5) is 5.69 Å². The molecule has 2 aromatic carbocycles. The number of rotatable bonds is 6. The van der Waals surface area contributed by atoms with Crippen LogP contribution in [0.25, 0.3) is 0 Å². The van der Waals surface area contributed by atoms with Gasteiger partial charge >= 0.3 is 5.97 Å². The van der Waals surface area contributed by atoms with Crippen molar-refractivity contribution in [2.75, 3.05) is 11.9 Å². The number of esters is 1. The summed E-state index contributed by atoms with van der Waals surface area (Å²) in [6.07, 6.45) is -0.173. The van der Waals surface area contributed by atoms with Gasteiger partial charge in [0.2, 0.25) is 0 Å². The number of nitrogens with one attached hydrogen (secondary N) is 1. The molecule has 6 heteroatoms. The minimum absolute atomic E-state index is 0.0984. The molecule has 0 atom stereocenters. The zero-order chi connectivity index (χ0) is 17.5. The monoisotopic (exact) mass is 391 g/mol. The Balaban J connectivity index is 1.85. The predicted octanol–water partition coefficient (Wildman–Crippen LogP) is 4.03. The van der Waals surface area contributed by atoms with Gasteiger partial charge in [0.1, 0.15) is 5.75 Å². The smallest absolute Gasteiger partial charge is 0.338 e. The molecule has 5 nitrogen and oxygen atoms in total. The van der Waals surface area contributed by atoms with E-state index >= 15 is 0 Å². The second kappa shape index (κ2) is 8.49. The number of carbonyl (C=O) groups excluding carboxylic acids is 2. The van der Waals surface area contributed by atoms with Gasteiger partial charge in [-0.1, -0.05) is 15.9 Å². The van der Waals surface area contributed by atoms with E-state index in [0.717, 1.165) is 4.47 Å². The van der Waals surface area contributed by atoms with Crippen molar-refractivity contribution in [1.29, 1.82) is 0 Å². The van der Waals surface area contributed by atoms with E-state index in [9.17, 15) is 9.59 Å². The van der Waals surface area contributed by atoms with Gasteiger partial charge in [-0.2, -0.15) is 0 Å². The maximum Gasteiger partial charge on any atom is 0.338 e. The number of hydrogen-bond acceptors (Lipinski definition) is 4. The molecule has 0 saturated heterocycles. The van der Waals surface area contributed by atoms with E-state index in [0.29, 0.717) is 17.0 Å². The number of anilines is 1. The highest BCUT2D eigenvalue weighted by Crippen LogP contribution is 2.16. The standard InChI is InChI=1S/C18H18BrNO4/c1-12(2)24-18(22)13-3-7-15(8-4-13)20-17(21)11-23-16-9-5-14(19)6-10-16/h3-10,12H,11H2,1-2H3,(H,20,21). The number of carbonyl (C=O) groups is 2. The van der Waals surface area contributed by atoms with Gasteiger partial charge in [-0.25, -0.2) is 4.79 Å². The van der Waals surface area contributed by atoms with Crippen LogP contribution >= 0.6 is 15.9 Å². The van der Waals surface area contributed by atoms with Gasteiger partial charge < -0.3 is 14.8 Å². The predicted molar refractivity (Wildman–Crippen MR) is 95.3 cm³/mol. The Morgan fingerprint density at radius 3 is 2.25 bits per heavy atom. The maximum atomic E-state index is 11.9. The van der Waals surface area contributed by atoms with E-state index < -0.39 is 0 Å². The number of halogens is 1. The van der Waals surface area contributed by atoms with Crippen molar-refractivity contribution in [1.82, 2.24) is 0 Å². The van der Waals surface area contributed by atoms with Crippen molar-refractivity contribution in [3.05, 3.63) is 58.6 Å². The first-order chi connectivity index (χ1) is 11.4. The highest BCUT2D eigenvalue weighted by Gasteiger charge is 2.09. The van der Waals surface area contributed by atoms with Crippen LogP contribution in [-0.4, -0.2) is 24.6 Å². The first-order valence-electron chi connectivity index (χ1n) is 7.43. The van der Waals surface area contributed by atoms with E-state index in [2.05, 4.69) is 21.2 Å². The average Bonchev–Trinajstić information content (AvgIpc) is 2.54. The van der Waals surface area contributed by atoms with Crippen LogP contribution in [0.2, 0.25) is 0 Å². The van der Waals surface area contributed by atoms with E-state index in [1.807, 2.05) is 12.1 Å². The first-order valence-corrected chi connectivity index (χ1v) is 8.22. The molecule has 0 heterocycles. The lowest BCUT2D eigenvalue weighted by Crippen LogP contribution is -2.20. The van der Waals surface area contributed by atoms with E-state index in [1.54, 1.807) is 50.2 Å². The summed E-state index contributed by atoms with van der Waals surface area (Å²) in [5, 5.41) is 2.71. The lowest BCUT2D eigenvalue weighted by Gasteiger charge is -2.09. The lowest BCUT2D eigenvalue weighted by molar-refractivity contribution is -0.118. The van der Waals surface area contributed by atoms with Crippen molar-refractivity contribution in [3.8, 4) is 5.75 Å². The Kier molecular flexibility index (Phi) is 6.37. The van der Waals surface area contributed by atoms with Gasteiger partial charge in [0.15, 0.2) is 6.61 Å². The van der Waals surface area contributed by atoms with E-state index in [1.165, 1.54) is 0 Å². The summed E-state index contributed by atoms with van der Waals surface area (Å²) in [6.45, 7) is 3.48. The number of amides is 1. The fourth-order valence-electron chi connectivity index (χ4n) is 1.85. The molecule has 1 amide bonds. The second-order valence-electron chi connectivity index (χ2n) is 5.32. The van der Waals surface area contributed by atoms with Gasteiger partial charge in [0, 0.05) is 10.2 Å². The van der Waals surface area contributed by atoms with Crippen molar-refractivity contribution in [2.24, 2.45) is 0 Å². The molecule has 0 aliphatic rings. The number of hydrogen-bond donors (Lipinski definition) is 1. The van der Waals surface area contributed by atoms with E-state index in [-0.39, 0.29) is 24.6 Å². The Hall–Kier alpha value is -2.34. The second-order valence-corrected chi connectivity index (χ2v) is 6.24. The molecular formula is C18H18BrNO4.